The number of amides is 1. The van der Waals surface area contributed by atoms with Crippen molar-refractivity contribution in [3.8, 4) is 5.75 Å². The van der Waals surface area contributed by atoms with Gasteiger partial charge < -0.3 is 14.8 Å². The Hall–Kier alpha value is -2.60. The first-order valence-corrected chi connectivity index (χ1v) is 8.30. The van der Waals surface area contributed by atoms with Crippen molar-refractivity contribution in [2.24, 2.45) is 0 Å². The second-order valence-electron chi connectivity index (χ2n) is 5.76. The molecule has 0 aliphatic heterocycles. The zero-order chi connectivity index (χ0) is 19.3. The first-order valence-electron chi connectivity index (χ1n) is 7.92. The second kappa shape index (κ2) is 8.67. The van der Waals surface area contributed by atoms with Crippen LogP contribution < -0.4 is 10.1 Å². The molecule has 2 aromatic rings. The number of ether oxygens (including phenoxy) is 2. The van der Waals surface area contributed by atoms with Gasteiger partial charge in [0.2, 0.25) is 0 Å². The van der Waals surface area contributed by atoms with Crippen LogP contribution in [0, 0.1) is 19.7 Å². The highest BCUT2D eigenvalue weighted by Gasteiger charge is 2.19. The number of anilines is 1. The number of hydrogen-bond acceptors (Lipinski definition) is 4. The minimum absolute atomic E-state index is 0.0511. The van der Waals surface area contributed by atoms with E-state index in [2.05, 4.69) is 5.32 Å². The molecule has 5 nitrogen and oxygen atoms in total. The number of rotatable bonds is 6. The molecule has 0 saturated carbocycles. The highest BCUT2D eigenvalue weighted by atomic mass is 35.5. The largest absolute Gasteiger partial charge is 0.481 e. The summed E-state index contributed by atoms with van der Waals surface area (Å²) >= 11 is 5.85. The van der Waals surface area contributed by atoms with Gasteiger partial charge in [0.1, 0.15) is 11.6 Å². The third kappa shape index (κ3) is 5.20. The van der Waals surface area contributed by atoms with E-state index in [1.165, 1.54) is 13.0 Å². The van der Waals surface area contributed by atoms with Crippen molar-refractivity contribution in [3.05, 3.63) is 58.4 Å². The van der Waals surface area contributed by atoms with Crippen LogP contribution in [0.4, 0.5) is 10.1 Å². The molecule has 0 bridgehead atoms. The topological polar surface area (TPSA) is 64.6 Å². The normalized spacial score (nSPS) is 11.6. The van der Waals surface area contributed by atoms with Crippen molar-refractivity contribution in [1.29, 1.82) is 0 Å². The van der Waals surface area contributed by atoms with Gasteiger partial charge in [-0.05, 0) is 50.1 Å². The van der Waals surface area contributed by atoms with E-state index >= 15 is 0 Å². The van der Waals surface area contributed by atoms with E-state index in [1.54, 1.807) is 0 Å². The number of esters is 1. The maximum absolute atomic E-state index is 13.0. The molecule has 0 saturated heterocycles. The molecule has 26 heavy (non-hydrogen) atoms. The van der Waals surface area contributed by atoms with Gasteiger partial charge in [-0.2, -0.15) is 0 Å². The van der Waals surface area contributed by atoms with Crippen LogP contribution in [0.2, 0.25) is 5.02 Å². The number of carbonyl (C=O) groups excluding carboxylic acids is 2. The van der Waals surface area contributed by atoms with Crippen LogP contribution in [0.15, 0.2) is 36.4 Å². The molecule has 0 fully saturated rings. The monoisotopic (exact) mass is 379 g/mol. The number of aryl methyl sites for hydroxylation is 2. The van der Waals surface area contributed by atoms with Gasteiger partial charge in [0.05, 0.1) is 10.7 Å². The molecule has 0 spiro atoms. The fourth-order valence-corrected chi connectivity index (χ4v) is 2.48. The molecule has 138 valence electrons. The minimum Gasteiger partial charge on any atom is -0.481 e. The second-order valence-corrected chi connectivity index (χ2v) is 6.16. The quantitative estimate of drug-likeness (QED) is 0.769. The number of benzene rings is 2. The Labute approximate surface area is 156 Å². The van der Waals surface area contributed by atoms with Crippen molar-refractivity contribution < 1.29 is 23.5 Å². The summed E-state index contributed by atoms with van der Waals surface area (Å²) in [5, 5.41) is 2.53. The lowest BCUT2D eigenvalue weighted by Gasteiger charge is -2.15. The Morgan fingerprint density at radius 1 is 1.19 bits per heavy atom. The van der Waals surface area contributed by atoms with E-state index in [0.29, 0.717) is 5.75 Å². The zero-order valence-corrected chi connectivity index (χ0v) is 15.4. The van der Waals surface area contributed by atoms with E-state index in [-0.39, 0.29) is 17.3 Å². The standard InChI is InChI=1S/C19H19ClFNO4/c1-11-5-4-6-12(2)18(11)25-10-17(23)26-13(3)19(24)22-16-8-7-14(21)9-15(16)20/h4-9,13H,10H2,1-3H3,(H,22,24)/t13-/m0/s1. The summed E-state index contributed by atoms with van der Waals surface area (Å²) in [4.78, 5) is 24.0. The SMILES string of the molecule is Cc1cccc(C)c1OCC(=O)O[C@@H](C)C(=O)Nc1ccc(F)cc1Cl. The van der Waals surface area contributed by atoms with E-state index in [9.17, 15) is 14.0 Å². The number of hydrogen-bond donors (Lipinski definition) is 1. The molecule has 1 amide bonds. The van der Waals surface area contributed by atoms with Crippen molar-refractivity contribution in [2.45, 2.75) is 26.9 Å². The highest BCUT2D eigenvalue weighted by molar-refractivity contribution is 6.33. The summed E-state index contributed by atoms with van der Waals surface area (Å²) in [5.74, 6) is -1.17. The molecule has 1 atom stereocenters. The third-order valence-corrected chi connectivity index (χ3v) is 3.92. The first-order chi connectivity index (χ1) is 12.3. The zero-order valence-electron chi connectivity index (χ0n) is 14.6. The van der Waals surface area contributed by atoms with Crippen molar-refractivity contribution in [3.63, 3.8) is 0 Å². The van der Waals surface area contributed by atoms with E-state index in [4.69, 9.17) is 21.1 Å². The van der Waals surface area contributed by atoms with Crippen LogP contribution >= 0.6 is 11.6 Å². The summed E-state index contributed by atoms with van der Waals surface area (Å²) < 4.78 is 23.6. The molecular formula is C19H19ClFNO4. The molecule has 1 N–H and O–H groups in total. The van der Waals surface area contributed by atoms with Gasteiger partial charge in [-0.25, -0.2) is 9.18 Å². The maximum Gasteiger partial charge on any atom is 0.344 e. The van der Waals surface area contributed by atoms with Gasteiger partial charge in [-0.1, -0.05) is 29.8 Å². The molecule has 0 radical (unpaired) electrons. The molecule has 2 rings (SSSR count). The molecular weight excluding hydrogens is 361 g/mol. The van der Waals surface area contributed by atoms with Crippen LogP contribution in [0.1, 0.15) is 18.1 Å². The molecule has 0 unspecified atom stereocenters. The lowest BCUT2D eigenvalue weighted by molar-refractivity contribution is -0.155. The van der Waals surface area contributed by atoms with Crippen molar-refractivity contribution in [1.82, 2.24) is 0 Å². The lowest BCUT2D eigenvalue weighted by Crippen LogP contribution is -2.31. The predicted octanol–water partition coefficient (Wildman–Crippen LogP) is 4.05. The van der Waals surface area contributed by atoms with Crippen LogP contribution in [0.3, 0.4) is 0 Å². The summed E-state index contributed by atoms with van der Waals surface area (Å²) in [6.45, 7) is 4.84. The number of nitrogens with one attached hydrogen (secondary N) is 1. The maximum atomic E-state index is 13.0. The molecule has 0 aliphatic rings. The van der Waals surface area contributed by atoms with Gasteiger partial charge in [-0.3, -0.25) is 4.79 Å². The fourth-order valence-electron chi connectivity index (χ4n) is 2.27. The van der Waals surface area contributed by atoms with Crippen LogP contribution in [-0.4, -0.2) is 24.6 Å². The van der Waals surface area contributed by atoms with Gasteiger partial charge >= 0.3 is 5.97 Å². The Bertz CT molecular complexity index is 805. The Balaban J connectivity index is 1.89. The molecule has 0 heterocycles. The average molecular weight is 380 g/mol. The number of carbonyl (C=O) groups is 2. The molecule has 0 aromatic heterocycles. The summed E-state index contributed by atoms with van der Waals surface area (Å²) in [6.07, 6.45) is -1.06. The van der Waals surface area contributed by atoms with E-state index in [0.717, 1.165) is 23.3 Å². The minimum atomic E-state index is -1.06. The summed E-state index contributed by atoms with van der Waals surface area (Å²) in [7, 11) is 0. The average Bonchev–Trinajstić information content (AvgIpc) is 2.56. The molecule has 0 aliphatic carbocycles. The predicted molar refractivity (Wildman–Crippen MR) is 97.0 cm³/mol. The van der Waals surface area contributed by atoms with E-state index < -0.39 is 23.8 Å². The molecule has 2 aromatic carbocycles. The van der Waals surface area contributed by atoms with Crippen molar-refractivity contribution in [2.75, 3.05) is 11.9 Å². The van der Waals surface area contributed by atoms with Gasteiger partial charge in [-0.15, -0.1) is 0 Å². The highest BCUT2D eigenvalue weighted by Crippen LogP contribution is 2.23. The number of halogens is 2. The Morgan fingerprint density at radius 3 is 2.46 bits per heavy atom. The fraction of sp³-hybridized carbons (Fsp3) is 0.263. The van der Waals surface area contributed by atoms with Crippen LogP contribution in [0.5, 0.6) is 5.75 Å². The van der Waals surface area contributed by atoms with Gasteiger partial charge in [0.15, 0.2) is 12.7 Å². The van der Waals surface area contributed by atoms with Gasteiger partial charge in [0.25, 0.3) is 5.91 Å². The van der Waals surface area contributed by atoms with E-state index in [1.807, 2.05) is 32.0 Å². The summed E-state index contributed by atoms with van der Waals surface area (Å²) in [5.41, 5.74) is 2.02. The summed E-state index contributed by atoms with van der Waals surface area (Å²) in [6, 6.07) is 9.20. The van der Waals surface area contributed by atoms with Crippen molar-refractivity contribution >= 4 is 29.2 Å². The van der Waals surface area contributed by atoms with Gasteiger partial charge in [0, 0.05) is 0 Å². The van der Waals surface area contributed by atoms with Crippen LogP contribution in [-0.2, 0) is 14.3 Å². The number of para-hydroxylation sites is 1. The Kier molecular flexibility index (Phi) is 6.58. The smallest absolute Gasteiger partial charge is 0.344 e. The molecule has 7 heteroatoms. The third-order valence-electron chi connectivity index (χ3n) is 3.61. The Morgan fingerprint density at radius 2 is 1.85 bits per heavy atom. The van der Waals surface area contributed by atoms with Crippen LogP contribution in [0.25, 0.3) is 0 Å². The first kappa shape index (κ1) is 19.7. The lowest BCUT2D eigenvalue weighted by atomic mass is 10.1.